The molecular weight excluding hydrogens is 98.1 g/mol. The van der Waals surface area contributed by atoms with E-state index in [0.717, 1.165) is 6.04 Å². The van der Waals surface area contributed by atoms with Gasteiger partial charge in [-0.1, -0.05) is 0 Å². The van der Waals surface area contributed by atoms with E-state index in [1.165, 1.54) is 19.3 Å². The molecule has 2 aliphatic heterocycles. The van der Waals surface area contributed by atoms with Crippen LogP contribution >= 0.6 is 0 Å². The van der Waals surface area contributed by atoms with Crippen LogP contribution in [0.2, 0.25) is 0 Å². The lowest BCUT2D eigenvalue weighted by atomic mass is 9.90. The fourth-order valence-corrected chi connectivity index (χ4v) is 2.17. The van der Waals surface area contributed by atoms with E-state index < -0.39 is 0 Å². The number of nitrogens with zero attached hydrogens (tertiary/aromatic N) is 1. The van der Waals surface area contributed by atoms with Crippen molar-refractivity contribution >= 4 is 0 Å². The van der Waals surface area contributed by atoms with Crippen LogP contribution in [0.4, 0.5) is 0 Å². The molecule has 1 saturated carbocycles. The van der Waals surface area contributed by atoms with E-state index in [-0.39, 0.29) is 0 Å². The normalized spacial score (nSPS) is 54.0. The van der Waals surface area contributed by atoms with Gasteiger partial charge in [0.15, 0.2) is 0 Å². The summed E-state index contributed by atoms with van der Waals surface area (Å²) >= 11 is 0. The predicted molar refractivity (Wildman–Crippen MR) is 33.8 cm³/mol. The molecule has 0 aromatic carbocycles. The Labute approximate surface area is 50.7 Å². The maximum atomic E-state index is 2.52. The average Bonchev–Trinajstić information content (AvgIpc) is 2.21. The predicted octanol–water partition coefficient (Wildman–Crippen LogP) is 1.24. The van der Waals surface area contributed by atoms with Crippen molar-refractivity contribution in [3.63, 3.8) is 0 Å². The highest BCUT2D eigenvalue weighted by molar-refractivity contribution is 5.08. The molecule has 2 bridgehead atoms. The van der Waals surface area contributed by atoms with Crippen molar-refractivity contribution in [3.05, 3.63) is 0 Å². The molecule has 0 aromatic heterocycles. The Kier molecular flexibility index (Phi) is 0.663. The molecule has 1 unspecified atom stereocenters. The SMILES string of the molecule is CN1C2CC[C@]1(C)C2. The highest BCUT2D eigenvalue weighted by atomic mass is 15.3. The van der Waals surface area contributed by atoms with E-state index >= 15 is 0 Å². The van der Waals surface area contributed by atoms with Crippen molar-refractivity contribution in [3.8, 4) is 0 Å². The third-order valence-electron chi connectivity index (χ3n) is 3.09. The minimum absolute atomic E-state index is 0.630. The Hall–Kier alpha value is -0.0400. The molecule has 1 nitrogen and oxygen atoms in total. The van der Waals surface area contributed by atoms with E-state index in [4.69, 9.17) is 0 Å². The molecule has 46 valence electrons. The first-order valence-electron chi connectivity index (χ1n) is 3.45. The minimum Gasteiger partial charge on any atom is -0.298 e. The van der Waals surface area contributed by atoms with Gasteiger partial charge in [-0.15, -0.1) is 0 Å². The third-order valence-corrected chi connectivity index (χ3v) is 3.09. The van der Waals surface area contributed by atoms with Gasteiger partial charge in [-0.2, -0.15) is 0 Å². The smallest absolute Gasteiger partial charge is 0.0196 e. The highest BCUT2D eigenvalue weighted by Crippen LogP contribution is 2.48. The lowest BCUT2D eigenvalue weighted by Gasteiger charge is -2.46. The minimum atomic E-state index is 0.630. The van der Waals surface area contributed by atoms with E-state index in [1.807, 2.05) is 0 Å². The van der Waals surface area contributed by atoms with Crippen molar-refractivity contribution in [2.75, 3.05) is 7.05 Å². The van der Waals surface area contributed by atoms with Gasteiger partial charge in [0.05, 0.1) is 0 Å². The maximum Gasteiger partial charge on any atom is 0.0196 e. The largest absolute Gasteiger partial charge is 0.298 e. The second kappa shape index (κ2) is 1.10. The molecule has 2 atom stereocenters. The van der Waals surface area contributed by atoms with Crippen LogP contribution in [0, 0.1) is 0 Å². The van der Waals surface area contributed by atoms with Crippen LogP contribution in [0.5, 0.6) is 0 Å². The molecule has 1 aliphatic carbocycles. The van der Waals surface area contributed by atoms with Crippen LogP contribution in [0.15, 0.2) is 0 Å². The van der Waals surface area contributed by atoms with Crippen LogP contribution in [0.25, 0.3) is 0 Å². The number of fused-ring (bicyclic) bond motifs is 1. The standard InChI is InChI=1S/C7H13N/c1-7-4-3-6(5-7)8(7)2/h6H,3-5H2,1-2H3/t6?,7-/m1/s1. The summed E-state index contributed by atoms with van der Waals surface area (Å²) in [7, 11) is 2.25. The van der Waals surface area contributed by atoms with Crippen molar-refractivity contribution in [1.29, 1.82) is 0 Å². The Bertz CT molecular complexity index is 118. The summed E-state index contributed by atoms with van der Waals surface area (Å²) in [4.78, 5) is 2.52. The molecule has 1 heteroatoms. The highest BCUT2D eigenvalue weighted by Gasteiger charge is 2.51. The monoisotopic (exact) mass is 111 g/mol. The molecule has 0 N–H and O–H groups in total. The van der Waals surface area contributed by atoms with Crippen molar-refractivity contribution < 1.29 is 0 Å². The number of rotatable bonds is 0. The lowest BCUT2D eigenvalue weighted by molar-refractivity contribution is 0.0286. The molecule has 0 radical (unpaired) electrons. The molecule has 0 aromatic rings. The quantitative estimate of drug-likeness (QED) is 0.454. The fourth-order valence-electron chi connectivity index (χ4n) is 2.17. The Morgan fingerprint density at radius 3 is 2.50 bits per heavy atom. The average molecular weight is 111 g/mol. The number of hydrogen-bond acceptors (Lipinski definition) is 1. The molecule has 3 aliphatic rings. The van der Waals surface area contributed by atoms with Gasteiger partial charge in [-0.3, -0.25) is 4.90 Å². The molecule has 3 fully saturated rings. The summed E-state index contributed by atoms with van der Waals surface area (Å²) in [6.07, 6.45) is 4.35. The third kappa shape index (κ3) is 0.334. The molecule has 0 amide bonds. The van der Waals surface area contributed by atoms with E-state index in [9.17, 15) is 0 Å². The van der Waals surface area contributed by atoms with Gasteiger partial charge in [0.1, 0.15) is 0 Å². The molecule has 8 heavy (non-hydrogen) atoms. The summed E-state index contributed by atoms with van der Waals surface area (Å²) in [6, 6.07) is 0.958. The fraction of sp³-hybridized carbons (Fsp3) is 1.00. The van der Waals surface area contributed by atoms with Gasteiger partial charge in [-0.25, -0.2) is 0 Å². The summed E-state index contributed by atoms with van der Waals surface area (Å²) in [5, 5.41) is 0. The van der Waals surface area contributed by atoms with Gasteiger partial charge in [-0.05, 0) is 33.2 Å². The van der Waals surface area contributed by atoms with Crippen LogP contribution < -0.4 is 0 Å². The van der Waals surface area contributed by atoms with Gasteiger partial charge < -0.3 is 0 Å². The van der Waals surface area contributed by atoms with Gasteiger partial charge in [0.25, 0.3) is 0 Å². The van der Waals surface area contributed by atoms with Crippen molar-refractivity contribution in [2.45, 2.75) is 37.8 Å². The first-order chi connectivity index (χ1) is 3.72. The van der Waals surface area contributed by atoms with Crippen LogP contribution in [0.3, 0.4) is 0 Å². The maximum absolute atomic E-state index is 2.52. The molecular formula is C7H13N. The second-order valence-corrected chi connectivity index (χ2v) is 3.50. The molecule has 2 saturated heterocycles. The summed E-state index contributed by atoms with van der Waals surface area (Å²) in [5.41, 5.74) is 0.630. The van der Waals surface area contributed by atoms with Crippen LogP contribution in [-0.2, 0) is 0 Å². The van der Waals surface area contributed by atoms with E-state index in [0.29, 0.717) is 5.54 Å². The Balaban J connectivity index is 2.22. The first kappa shape index (κ1) is 4.80. The second-order valence-electron chi connectivity index (χ2n) is 3.50. The van der Waals surface area contributed by atoms with Gasteiger partial charge in [0, 0.05) is 11.6 Å². The zero-order valence-electron chi connectivity index (χ0n) is 5.65. The van der Waals surface area contributed by atoms with Crippen LogP contribution in [0.1, 0.15) is 26.2 Å². The lowest BCUT2D eigenvalue weighted by Crippen LogP contribution is -2.54. The van der Waals surface area contributed by atoms with Gasteiger partial charge >= 0.3 is 0 Å². The van der Waals surface area contributed by atoms with Crippen molar-refractivity contribution in [2.24, 2.45) is 0 Å². The zero-order valence-corrected chi connectivity index (χ0v) is 5.65. The molecule has 3 rings (SSSR count). The summed E-state index contributed by atoms with van der Waals surface area (Å²) in [6.45, 7) is 2.37. The Morgan fingerprint density at radius 1 is 1.62 bits per heavy atom. The summed E-state index contributed by atoms with van der Waals surface area (Å²) < 4.78 is 0. The molecule has 2 heterocycles. The Morgan fingerprint density at radius 2 is 2.38 bits per heavy atom. The van der Waals surface area contributed by atoms with E-state index in [2.05, 4.69) is 18.9 Å². The summed E-state index contributed by atoms with van der Waals surface area (Å²) in [5.74, 6) is 0. The zero-order chi connectivity index (χ0) is 5.78. The van der Waals surface area contributed by atoms with Crippen molar-refractivity contribution in [1.82, 2.24) is 4.90 Å². The topological polar surface area (TPSA) is 3.24 Å². The number of hydrogen-bond donors (Lipinski definition) is 0. The molecule has 0 spiro atoms. The van der Waals surface area contributed by atoms with E-state index in [1.54, 1.807) is 0 Å². The van der Waals surface area contributed by atoms with Crippen LogP contribution in [-0.4, -0.2) is 23.5 Å². The van der Waals surface area contributed by atoms with Gasteiger partial charge in [0.2, 0.25) is 0 Å². The first-order valence-corrected chi connectivity index (χ1v) is 3.45.